The molecule has 1 saturated heterocycles. The third kappa shape index (κ3) is 7.20. The summed E-state index contributed by atoms with van der Waals surface area (Å²) in [5.41, 5.74) is 1.38. The highest BCUT2D eigenvalue weighted by Gasteiger charge is 2.31. The Labute approximate surface area is 221 Å². The van der Waals surface area contributed by atoms with Crippen molar-refractivity contribution in [3.05, 3.63) is 53.0 Å². The first kappa shape index (κ1) is 26.9. The number of nitrogens with zero attached hydrogens (tertiary/aromatic N) is 2. The number of hydrogen-bond acceptors (Lipinski definition) is 6. The topological polar surface area (TPSA) is 62.7 Å². The summed E-state index contributed by atoms with van der Waals surface area (Å²) >= 11 is 3.73. The minimum absolute atomic E-state index is 0.0605. The molecule has 0 spiro atoms. The second-order valence-corrected chi connectivity index (χ2v) is 12.3. The monoisotopic (exact) mass is 530 g/mol. The highest BCUT2D eigenvalue weighted by Crippen LogP contribution is 2.36. The SMILES string of the molecule is COc1ccc2nccc([C@@H](F)CC[C@@H]3CCN(CCCSc4ccc(C)s4)C[C@@H]3CC(=O)O)c2c1. The van der Waals surface area contributed by atoms with Crippen molar-refractivity contribution in [2.24, 2.45) is 11.8 Å². The Bertz CT molecular complexity index is 1150. The van der Waals surface area contributed by atoms with Gasteiger partial charge in [0, 0.05) is 35.2 Å². The lowest BCUT2D eigenvalue weighted by Gasteiger charge is -2.38. The number of aliphatic carboxylic acids is 1. The second-order valence-electron chi connectivity index (χ2n) is 9.60. The number of hydrogen-bond donors (Lipinski definition) is 1. The molecule has 0 aliphatic carbocycles. The summed E-state index contributed by atoms with van der Waals surface area (Å²) < 4.78 is 22.2. The molecule has 4 rings (SSSR count). The normalized spacial score (nSPS) is 19.4. The van der Waals surface area contributed by atoms with Crippen molar-refractivity contribution in [1.29, 1.82) is 0 Å². The predicted molar refractivity (Wildman–Crippen MR) is 146 cm³/mol. The number of carbonyl (C=O) groups is 1. The van der Waals surface area contributed by atoms with E-state index in [9.17, 15) is 9.90 Å². The predicted octanol–water partition coefficient (Wildman–Crippen LogP) is 7.00. The van der Waals surface area contributed by atoms with Crippen LogP contribution in [0.25, 0.3) is 10.9 Å². The molecule has 1 aliphatic heterocycles. The van der Waals surface area contributed by atoms with Gasteiger partial charge in [0.05, 0.1) is 16.8 Å². The minimum atomic E-state index is -1.12. The first-order valence-corrected chi connectivity index (χ1v) is 14.4. The summed E-state index contributed by atoms with van der Waals surface area (Å²) in [4.78, 5) is 19.7. The molecule has 0 saturated carbocycles. The van der Waals surface area contributed by atoms with Crippen molar-refractivity contribution in [1.82, 2.24) is 9.88 Å². The summed E-state index contributed by atoms with van der Waals surface area (Å²) in [5, 5.41) is 10.3. The fourth-order valence-corrected chi connectivity index (χ4v) is 7.32. The van der Waals surface area contributed by atoms with Crippen molar-refractivity contribution >= 4 is 40.0 Å². The van der Waals surface area contributed by atoms with Crippen LogP contribution in [-0.2, 0) is 4.79 Å². The highest BCUT2D eigenvalue weighted by molar-refractivity contribution is 8.01. The quantitative estimate of drug-likeness (QED) is 0.201. The van der Waals surface area contributed by atoms with Gasteiger partial charge in [-0.25, -0.2) is 4.39 Å². The van der Waals surface area contributed by atoms with Gasteiger partial charge < -0.3 is 14.7 Å². The Morgan fingerprint density at radius 3 is 2.92 bits per heavy atom. The van der Waals surface area contributed by atoms with Crippen LogP contribution in [0, 0.1) is 18.8 Å². The Kier molecular flexibility index (Phi) is 9.62. The number of thioether (sulfide) groups is 1. The van der Waals surface area contributed by atoms with E-state index in [1.54, 1.807) is 19.4 Å². The van der Waals surface area contributed by atoms with E-state index in [1.807, 2.05) is 41.3 Å². The van der Waals surface area contributed by atoms with Crippen molar-refractivity contribution in [3.8, 4) is 5.75 Å². The maximum atomic E-state index is 15.5. The summed E-state index contributed by atoms with van der Waals surface area (Å²) in [7, 11) is 1.60. The van der Waals surface area contributed by atoms with Gasteiger partial charge in [0.15, 0.2) is 0 Å². The van der Waals surface area contributed by atoms with Crippen LogP contribution in [0.3, 0.4) is 0 Å². The standard InChI is InChI=1S/C28H35FN2O3S2/c1-19-4-9-28(36-19)35-15-3-13-31-14-11-20(21(18-31)16-27(32)33)5-7-25(29)23-10-12-30-26-8-6-22(34-2)17-24(23)26/h4,6,8-10,12,17,20-21,25H,3,5,7,11,13-16,18H2,1-2H3,(H,32,33)/t20-,21+,25+/m1/s1. The van der Waals surface area contributed by atoms with E-state index >= 15 is 4.39 Å². The highest BCUT2D eigenvalue weighted by atomic mass is 32.2. The van der Waals surface area contributed by atoms with Crippen molar-refractivity contribution in [3.63, 3.8) is 0 Å². The first-order valence-electron chi connectivity index (χ1n) is 12.6. The Balaban J connectivity index is 1.31. The summed E-state index contributed by atoms with van der Waals surface area (Å²) in [6, 6.07) is 11.6. The number of fused-ring (bicyclic) bond motifs is 1. The molecule has 1 aliphatic rings. The third-order valence-corrected chi connectivity index (χ3v) is 9.41. The fraction of sp³-hybridized carbons (Fsp3) is 0.500. The lowest BCUT2D eigenvalue weighted by atomic mass is 9.79. The van der Waals surface area contributed by atoms with Gasteiger partial charge in [-0.05, 0) is 99.5 Å². The lowest BCUT2D eigenvalue weighted by molar-refractivity contribution is -0.139. The van der Waals surface area contributed by atoms with E-state index in [0.717, 1.165) is 49.1 Å². The van der Waals surface area contributed by atoms with Gasteiger partial charge in [0.1, 0.15) is 11.9 Å². The number of ether oxygens (including phenoxy) is 1. The molecule has 2 aromatic heterocycles. The number of likely N-dealkylation sites (tertiary alicyclic amines) is 1. The van der Waals surface area contributed by atoms with Crippen molar-refractivity contribution in [2.75, 3.05) is 32.5 Å². The summed E-state index contributed by atoms with van der Waals surface area (Å²) in [6.07, 6.45) is 3.76. The largest absolute Gasteiger partial charge is 0.497 e. The molecule has 3 heterocycles. The van der Waals surface area contributed by atoms with E-state index in [4.69, 9.17) is 4.74 Å². The van der Waals surface area contributed by atoms with Crippen LogP contribution in [0.2, 0.25) is 0 Å². The van der Waals surface area contributed by atoms with Crippen LogP contribution in [0.5, 0.6) is 5.75 Å². The second kappa shape index (κ2) is 12.9. The average molecular weight is 531 g/mol. The zero-order chi connectivity index (χ0) is 25.5. The number of aromatic nitrogens is 1. The van der Waals surface area contributed by atoms with Crippen LogP contribution in [-0.4, -0.2) is 53.5 Å². The molecule has 0 amide bonds. The van der Waals surface area contributed by atoms with Crippen LogP contribution >= 0.6 is 23.1 Å². The fourth-order valence-electron chi connectivity index (χ4n) is 5.21. The van der Waals surface area contributed by atoms with Gasteiger partial charge in [0.25, 0.3) is 0 Å². The number of carboxylic acid groups (broad SMARTS) is 1. The number of piperidine rings is 1. The molecule has 5 nitrogen and oxygen atoms in total. The van der Waals surface area contributed by atoms with E-state index in [0.29, 0.717) is 24.2 Å². The maximum absolute atomic E-state index is 15.5. The Morgan fingerprint density at radius 1 is 1.31 bits per heavy atom. The number of pyridine rings is 1. The van der Waals surface area contributed by atoms with E-state index in [1.165, 1.54) is 9.09 Å². The number of thiophene rings is 1. The molecule has 1 aromatic carbocycles. The summed E-state index contributed by atoms with van der Waals surface area (Å²) in [5.74, 6) is 1.27. The van der Waals surface area contributed by atoms with Crippen LogP contribution < -0.4 is 4.74 Å². The van der Waals surface area contributed by atoms with Gasteiger partial charge in [0.2, 0.25) is 0 Å². The van der Waals surface area contributed by atoms with Crippen LogP contribution in [0.15, 0.2) is 46.8 Å². The molecule has 0 radical (unpaired) electrons. The van der Waals surface area contributed by atoms with Gasteiger partial charge in [-0.15, -0.1) is 23.1 Å². The smallest absolute Gasteiger partial charge is 0.303 e. The molecule has 0 bridgehead atoms. The van der Waals surface area contributed by atoms with E-state index in [-0.39, 0.29) is 18.3 Å². The Hall–Kier alpha value is -2.16. The maximum Gasteiger partial charge on any atom is 0.303 e. The van der Waals surface area contributed by atoms with Crippen LogP contribution in [0.1, 0.15) is 48.7 Å². The number of benzene rings is 1. The molecular weight excluding hydrogens is 495 g/mol. The molecule has 3 aromatic rings. The molecule has 194 valence electrons. The molecule has 3 atom stereocenters. The van der Waals surface area contributed by atoms with Gasteiger partial charge in [-0.2, -0.15) is 0 Å². The molecule has 36 heavy (non-hydrogen) atoms. The molecular formula is C28H35FN2O3S2. The third-order valence-electron chi connectivity index (χ3n) is 7.10. The zero-order valence-electron chi connectivity index (χ0n) is 21.0. The van der Waals surface area contributed by atoms with E-state index in [2.05, 4.69) is 28.9 Å². The summed E-state index contributed by atoms with van der Waals surface area (Å²) in [6.45, 7) is 4.85. The lowest BCUT2D eigenvalue weighted by Crippen LogP contribution is -2.42. The number of halogens is 1. The molecule has 1 N–H and O–H groups in total. The van der Waals surface area contributed by atoms with Crippen LogP contribution in [0.4, 0.5) is 4.39 Å². The molecule has 8 heteroatoms. The zero-order valence-corrected chi connectivity index (χ0v) is 22.6. The number of alkyl halides is 1. The van der Waals surface area contributed by atoms with Crippen molar-refractivity contribution in [2.45, 2.75) is 49.4 Å². The molecule has 1 fully saturated rings. The first-order chi connectivity index (χ1) is 17.4. The number of rotatable bonds is 12. The van der Waals surface area contributed by atoms with Crippen molar-refractivity contribution < 1.29 is 19.0 Å². The van der Waals surface area contributed by atoms with E-state index < -0.39 is 12.1 Å². The van der Waals surface area contributed by atoms with Gasteiger partial charge >= 0.3 is 5.97 Å². The molecule has 0 unspecified atom stereocenters. The average Bonchev–Trinajstić information content (AvgIpc) is 3.29. The minimum Gasteiger partial charge on any atom is -0.497 e. The van der Waals surface area contributed by atoms with Gasteiger partial charge in [-0.3, -0.25) is 9.78 Å². The Morgan fingerprint density at radius 2 is 2.17 bits per heavy atom. The van der Waals surface area contributed by atoms with Gasteiger partial charge in [-0.1, -0.05) is 0 Å². The number of methoxy groups -OCH3 is 1. The number of carboxylic acids is 1. The number of aryl methyl sites for hydroxylation is 1.